The van der Waals surface area contributed by atoms with Gasteiger partial charge in [-0.25, -0.2) is 9.38 Å². The summed E-state index contributed by atoms with van der Waals surface area (Å²) in [4.78, 5) is 30.2. The van der Waals surface area contributed by atoms with E-state index in [1.165, 1.54) is 18.1 Å². The fraction of sp³-hybridized carbons (Fsp3) is 0.591. The summed E-state index contributed by atoms with van der Waals surface area (Å²) in [6.07, 6.45) is 3.12. The Balaban J connectivity index is 1.86. The van der Waals surface area contributed by atoms with Crippen LogP contribution in [0.5, 0.6) is 0 Å². The van der Waals surface area contributed by atoms with Gasteiger partial charge in [0.15, 0.2) is 5.96 Å². The Kier molecular flexibility index (Phi) is 5.80. The molecule has 1 fully saturated rings. The largest absolute Gasteiger partial charge is 0.469 e. The van der Waals surface area contributed by atoms with E-state index in [9.17, 15) is 14.0 Å². The molecule has 1 amide bonds. The highest BCUT2D eigenvalue weighted by atomic mass is 19.1. The van der Waals surface area contributed by atoms with Crippen molar-refractivity contribution in [3.63, 3.8) is 0 Å². The maximum Gasteiger partial charge on any atom is 0.305 e. The highest BCUT2D eigenvalue weighted by Crippen LogP contribution is 2.47. The number of methoxy groups -OCH3 is 1. The highest BCUT2D eigenvalue weighted by Gasteiger charge is 2.53. The summed E-state index contributed by atoms with van der Waals surface area (Å²) in [5.41, 5.74) is 4.92. The van der Waals surface area contributed by atoms with Crippen LogP contribution < -0.4 is 11.1 Å². The van der Waals surface area contributed by atoms with Gasteiger partial charge >= 0.3 is 5.97 Å². The molecular weight excluding hydrogens is 387 g/mol. The van der Waals surface area contributed by atoms with E-state index in [0.29, 0.717) is 12.0 Å². The Hall–Kier alpha value is -2.64. The molecule has 8 heteroatoms. The topological polar surface area (TPSA) is 97.0 Å². The van der Waals surface area contributed by atoms with Crippen molar-refractivity contribution in [2.24, 2.45) is 22.1 Å². The number of rotatable bonds is 5. The van der Waals surface area contributed by atoms with Crippen molar-refractivity contribution >= 4 is 23.5 Å². The average Bonchev–Trinajstić information content (AvgIpc) is 3.13. The number of nitrogens with zero attached hydrogens (tertiary/aromatic N) is 2. The molecule has 3 atom stereocenters. The van der Waals surface area contributed by atoms with Crippen LogP contribution in [0.15, 0.2) is 23.2 Å². The second-order valence-electron chi connectivity index (χ2n) is 9.03. The minimum atomic E-state index is -1.15. The number of halogens is 1. The van der Waals surface area contributed by atoms with Gasteiger partial charge in [-0.15, -0.1) is 0 Å². The maximum atomic E-state index is 14.9. The molecule has 0 saturated heterocycles. The van der Waals surface area contributed by atoms with E-state index in [1.807, 2.05) is 0 Å². The van der Waals surface area contributed by atoms with Crippen LogP contribution in [0.2, 0.25) is 0 Å². The molecule has 7 nitrogen and oxygen atoms in total. The predicted octanol–water partition coefficient (Wildman–Crippen LogP) is 3.00. The second kappa shape index (κ2) is 7.89. The first-order chi connectivity index (χ1) is 14.0. The van der Waals surface area contributed by atoms with Crippen LogP contribution >= 0.6 is 0 Å². The van der Waals surface area contributed by atoms with Crippen molar-refractivity contribution in [2.45, 2.75) is 58.0 Å². The van der Waals surface area contributed by atoms with E-state index in [4.69, 9.17) is 10.5 Å². The number of guanidine groups is 1. The van der Waals surface area contributed by atoms with Gasteiger partial charge in [-0.05, 0) is 64.2 Å². The molecule has 0 bridgehead atoms. The molecule has 1 saturated carbocycles. The van der Waals surface area contributed by atoms with Crippen molar-refractivity contribution in [1.82, 2.24) is 4.90 Å². The van der Waals surface area contributed by atoms with Crippen LogP contribution in [0.3, 0.4) is 0 Å². The van der Waals surface area contributed by atoms with Crippen LogP contribution in [0.1, 0.15) is 52.0 Å². The van der Waals surface area contributed by atoms with Gasteiger partial charge < -0.3 is 15.8 Å². The molecule has 1 aromatic rings. The number of ether oxygens (including phenoxy) is 1. The fourth-order valence-corrected chi connectivity index (χ4v) is 4.51. The molecule has 164 valence electrons. The Labute approximate surface area is 176 Å². The molecule has 1 aromatic carbocycles. The number of esters is 1. The van der Waals surface area contributed by atoms with Crippen molar-refractivity contribution in [3.8, 4) is 0 Å². The smallest absolute Gasteiger partial charge is 0.305 e. The number of anilines is 1. The maximum absolute atomic E-state index is 14.9. The number of carbonyl (C=O) groups is 2. The van der Waals surface area contributed by atoms with E-state index < -0.39 is 16.8 Å². The molecule has 2 aliphatic rings. The Bertz CT molecular complexity index is 885. The lowest BCUT2D eigenvalue weighted by Crippen LogP contribution is -2.58. The van der Waals surface area contributed by atoms with E-state index in [0.717, 1.165) is 24.9 Å². The van der Waals surface area contributed by atoms with Crippen molar-refractivity contribution in [2.75, 3.05) is 19.5 Å². The molecule has 0 radical (unpaired) electrons. The zero-order valence-corrected chi connectivity index (χ0v) is 18.3. The van der Waals surface area contributed by atoms with Crippen LogP contribution in [-0.4, -0.2) is 42.9 Å². The lowest BCUT2D eigenvalue weighted by molar-refractivity contribution is -0.142. The molecule has 3 rings (SSSR count). The van der Waals surface area contributed by atoms with Gasteiger partial charge in [-0.2, -0.15) is 0 Å². The number of hydrogen-bond donors (Lipinski definition) is 2. The summed E-state index contributed by atoms with van der Waals surface area (Å²) in [7, 11) is 2.97. The lowest BCUT2D eigenvalue weighted by atomic mass is 9.67. The molecular formula is C22H31FN4O3. The number of benzene rings is 1. The van der Waals surface area contributed by atoms with Gasteiger partial charge in [0.1, 0.15) is 11.4 Å². The zero-order chi connectivity index (χ0) is 22.3. The monoisotopic (exact) mass is 418 g/mol. The first kappa shape index (κ1) is 22.1. The predicted molar refractivity (Wildman–Crippen MR) is 113 cm³/mol. The summed E-state index contributed by atoms with van der Waals surface area (Å²) in [5.74, 6) is -0.484. The number of amides is 1. The molecule has 1 aliphatic heterocycles. The normalized spacial score (nSPS) is 28.3. The number of aliphatic imine (C=N–C) groups is 1. The molecule has 0 spiro atoms. The molecule has 0 aromatic heterocycles. The number of hydrogen-bond acceptors (Lipinski definition) is 6. The lowest BCUT2D eigenvalue weighted by Gasteiger charge is -2.46. The Morgan fingerprint density at radius 1 is 1.37 bits per heavy atom. The summed E-state index contributed by atoms with van der Waals surface area (Å²) < 4.78 is 19.7. The van der Waals surface area contributed by atoms with E-state index >= 15 is 0 Å². The first-order valence-electron chi connectivity index (χ1n) is 10.3. The SMILES string of the molecule is COC(=O)CC1CCC(Nc2ccc(F)c([C@]3(C)N=C(N)N(C)C(=O)C3(C)C)c2)C1. The summed E-state index contributed by atoms with van der Waals surface area (Å²) in [6, 6.07) is 4.99. The molecule has 30 heavy (non-hydrogen) atoms. The standard InChI is InChI=1S/C22H31FN4O3/c1-21(2)19(29)27(4)20(24)26-22(21,3)16-12-15(8-9-17(16)23)25-14-7-6-13(10-14)11-18(28)30-5/h8-9,12-14,25H,6-7,10-11H2,1-5H3,(H2,24,26)/t13?,14?,22-/m0/s1. The summed E-state index contributed by atoms with van der Waals surface area (Å²) in [6.45, 7) is 5.26. The van der Waals surface area contributed by atoms with Gasteiger partial charge in [-0.3, -0.25) is 14.5 Å². The van der Waals surface area contributed by atoms with E-state index in [2.05, 4.69) is 10.3 Å². The third-order valence-electron chi connectivity index (χ3n) is 6.82. The van der Waals surface area contributed by atoms with Crippen LogP contribution in [0.4, 0.5) is 10.1 Å². The molecule has 2 unspecified atom stereocenters. The molecule has 1 aliphatic carbocycles. The van der Waals surface area contributed by atoms with Gasteiger partial charge in [-0.1, -0.05) is 0 Å². The van der Waals surface area contributed by atoms with Gasteiger partial charge in [0.25, 0.3) is 0 Å². The number of carbonyl (C=O) groups excluding carboxylic acids is 2. The Morgan fingerprint density at radius 2 is 2.07 bits per heavy atom. The Morgan fingerprint density at radius 3 is 2.73 bits per heavy atom. The fourth-order valence-electron chi connectivity index (χ4n) is 4.51. The zero-order valence-electron chi connectivity index (χ0n) is 18.3. The third-order valence-corrected chi connectivity index (χ3v) is 6.82. The highest BCUT2D eigenvalue weighted by molar-refractivity contribution is 6.01. The van der Waals surface area contributed by atoms with Crippen LogP contribution in [0.25, 0.3) is 0 Å². The minimum Gasteiger partial charge on any atom is -0.469 e. The van der Waals surface area contributed by atoms with Crippen LogP contribution in [0, 0.1) is 17.2 Å². The van der Waals surface area contributed by atoms with Crippen molar-refractivity contribution in [1.29, 1.82) is 0 Å². The second-order valence-corrected chi connectivity index (χ2v) is 9.03. The van der Waals surface area contributed by atoms with Crippen molar-refractivity contribution < 1.29 is 18.7 Å². The number of nitrogens with one attached hydrogen (secondary N) is 1. The van der Waals surface area contributed by atoms with Gasteiger partial charge in [0.2, 0.25) is 5.91 Å². The first-order valence-corrected chi connectivity index (χ1v) is 10.3. The summed E-state index contributed by atoms with van der Waals surface area (Å²) >= 11 is 0. The minimum absolute atomic E-state index is 0.0704. The number of nitrogens with two attached hydrogens (primary N) is 1. The third kappa shape index (κ3) is 3.75. The van der Waals surface area contributed by atoms with E-state index in [1.54, 1.807) is 40.0 Å². The summed E-state index contributed by atoms with van der Waals surface area (Å²) in [5, 5.41) is 3.45. The van der Waals surface area contributed by atoms with Crippen LogP contribution in [-0.2, 0) is 19.9 Å². The molecule has 3 N–H and O–H groups in total. The quantitative estimate of drug-likeness (QED) is 0.717. The average molecular weight is 419 g/mol. The van der Waals surface area contributed by atoms with Gasteiger partial charge in [0.05, 0.1) is 12.5 Å². The van der Waals surface area contributed by atoms with Crippen molar-refractivity contribution in [3.05, 3.63) is 29.6 Å². The van der Waals surface area contributed by atoms with Gasteiger partial charge in [0, 0.05) is 30.8 Å². The van der Waals surface area contributed by atoms with E-state index in [-0.39, 0.29) is 29.8 Å². The molecule has 1 heterocycles.